The Morgan fingerprint density at radius 3 is 2.80 bits per heavy atom. The number of rotatable bonds is 5. The maximum Gasteiger partial charge on any atom is 0.186 e. The predicted octanol–water partition coefficient (Wildman–Crippen LogP) is 2.50. The Labute approximate surface area is 155 Å². The minimum Gasteiger partial charge on any atom is -0.379 e. The zero-order chi connectivity index (χ0) is 17.3. The van der Waals surface area contributed by atoms with Gasteiger partial charge in [-0.2, -0.15) is 5.10 Å². The highest BCUT2D eigenvalue weighted by Gasteiger charge is 2.22. The van der Waals surface area contributed by atoms with E-state index < -0.39 is 0 Å². The smallest absolute Gasteiger partial charge is 0.186 e. The molecule has 1 saturated heterocycles. The molecular formula is C19H28N4OS. The van der Waals surface area contributed by atoms with Gasteiger partial charge in [0.25, 0.3) is 0 Å². The van der Waals surface area contributed by atoms with E-state index in [0.29, 0.717) is 11.0 Å². The van der Waals surface area contributed by atoms with Crippen LogP contribution in [0, 0.1) is 0 Å². The van der Waals surface area contributed by atoms with Crippen LogP contribution in [0.15, 0.2) is 35.4 Å². The summed E-state index contributed by atoms with van der Waals surface area (Å²) in [5, 5.41) is 8.50. The van der Waals surface area contributed by atoms with Crippen molar-refractivity contribution in [3.05, 3.63) is 35.9 Å². The summed E-state index contributed by atoms with van der Waals surface area (Å²) < 4.78 is 5.36. The van der Waals surface area contributed by atoms with Gasteiger partial charge in [0, 0.05) is 37.8 Å². The second-order valence-corrected chi connectivity index (χ2v) is 7.04. The van der Waals surface area contributed by atoms with E-state index in [9.17, 15) is 0 Å². The molecule has 0 aromatic heterocycles. The lowest BCUT2D eigenvalue weighted by Gasteiger charge is -2.26. The van der Waals surface area contributed by atoms with Gasteiger partial charge in [0.1, 0.15) is 0 Å². The highest BCUT2D eigenvalue weighted by atomic mass is 32.1. The lowest BCUT2D eigenvalue weighted by Crippen LogP contribution is -2.43. The van der Waals surface area contributed by atoms with E-state index in [0.717, 1.165) is 45.8 Å². The Morgan fingerprint density at radius 1 is 1.20 bits per heavy atom. The monoisotopic (exact) mass is 360 g/mol. The van der Waals surface area contributed by atoms with Gasteiger partial charge >= 0.3 is 0 Å². The highest BCUT2D eigenvalue weighted by molar-refractivity contribution is 7.80. The first-order valence-electron chi connectivity index (χ1n) is 9.28. The lowest BCUT2D eigenvalue weighted by atomic mass is 9.82. The largest absolute Gasteiger partial charge is 0.379 e. The van der Waals surface area contributed by atoms with Crippen molar-refractivity contribution in [2.75, 3.05) is 39.4 Å². The second kappa shape index (κ2) is 9.85. The Hall–Kier alpha value is -1.50. The maximum absolute atomic E-state index is 5.37. The summed E-state index contributed by atoms with van der Waals surface area (Å²) in [5.74, 6) is 0.415. The summed E-state index contributed by atoms with van der Waals surface area (Å²) in [5.41, 5.74) is 5.63. The molecule has 1 saturated carbocycles. The van der Waals surface area contributed by atoms with Crippen molar-refractivity contribution in [3.63, 3.8) is 0 Å². The number of hydrogen-bond acceptors (Lipinski definition) is 4. The van der Waals surface area contributed by atoms with Gasteiger partial charge in [0.2, 0.25) is 0 Å². The van der Waals surface area contributed by atoms with E-state index in [2.05, 4.69) is 51.1 Å². The summed E-state index contributed by atoms with van der Waals surface area (Å²) in [6.07, 6.45) is 4.69. The number of thiocarbonyl (C=S) groups is 1. The Morgan fingerprint density at radius 2 is 2.00 bits per heavy atom. The normalized spacial score (nSPS) is 23.4. The Bertz CT molecular complexity index is 572. The van der Waals surface area contributed by atoms with E-state index >= 15 is 0 Å². The molecule has 6 heteroatoms. The summed E-state index contributed by atoms with van der Waals surface area (Å²) in [7, 11) is 0. The van der Waals surface area contributed by atoms with Gasteiger partial charge in [0.05, 0.1) is 13.2 Å². The van der Waals surface area contributed by atoms with E-state index in [4.69, 9.17) is 17.0 Å². The third kappa shape index (κ3) is 5.76. The minimum atomic E-state index is 0.415. The van der Waals surface area contributed by atoms with Crippen LogP contribution in [0.2, 0.25) is 0 Å². The molecule has 1 heterocycles. The number of ether oxygens (including phenoxy) is 1. The summed E-state index contributed by atoms with van der Waals surface area (Å²) >= 11 is 5.37. The molecule has 2 fully saturated rings. The van der Waals surface area contributed by atoms with Crippen LogP contribution in [-0.2, 0) is 4.74 Å². The van der Waals surface area contributed by atoms with Crippen molar-refractivity contribution in [2.45, 2.75) is 31.6 Å². The van der Waals surface area contributed by atoms with Crippen molar-refractivity contribution >= 4 is 23.0 Å². The van der Waals surface area contributed by atoms with Gasteiger partial charge in [-0.25, -0.2) is 0 Å². The van der Waals surface area contributed by atoms with Crippen LogP contribution in [0.3, 0.4) is 0 Å². The molecule has 1 atom stereocenters. The van der Waals surface area contributed by atoms with Crippen molar-refractivity contribution in [1.82, 2.24) is 15.6 Å². The molecular weight excluding hydrogens is 332 g/mol. The van der Waals surface area contributed by atoms with Crippen LogP contribution < -0.4 is 10.7 Å². The third-order valence-electron chi connectivity index (χ3n) is 4.90. The molecule has 1 aliphatic carbocycles. The van der Waals surface area contributed by atoms with Crippen molar-refractivity contribution < 1.29 is 4.74 Å². The summed E-state index contributed by atoms with van der Waals surface area (Å²) in [6.45, 7) is 5.48. The molecule has 2 aliphatic rings. The molecule has 0 unspecified atom stereocenters. The predicted molar refractivity (Wildman–Crippen MR) is 106 cm³/mol. The van der Waals surface area contributed by atoms with Crippen LogP contribution in [0.25, 0.3) is 0 Å². The molecule has 1 aliphatic heterocycles. The van der Waals surface area contributed by atoms with Crippen LogP contribution in [0.4, 0.5) is 0 Å². The number of nitrogens with one attached hydrogen (secondary N) is 2. The van der Waals surface area contributed by atoms with Crippen LogP contribution in [0.5, 0.6) is 0 Å². The molecule has 25 heavy (non-hydrogen) atoms. The lowest BCUT2D eigenvalue weighted by molar-refractivity contribution is 0.0389. The third-order valence-corrected chi connectivity index (χ3v) is 5.13. The van der Waals surface area contributed by atoms with Crippen molar-refractivity contribution in [1.29, 1.82) is 0 Å². The molecule has 136 valence electrons. The van der Waals surface area contributed by atoms with E-state index in [1.54, 1.807) is 0 Å². The first kappa shape index (κ1) is 18.3. The number of hydrazone groups is 1. The van der Waals surface area contributed by atoms with Crippen LogP contribution in [-0.4, -0.2) is 55.1 Å². The van der Waals surface area contributed by atoms with Gasteiger partial charge < -0.3 is 10.1 Å². The molecule has 0 spiro atoms. The fraction of sp³-hybridized carbons (Fsp3) is 0.579. The SMILES string of the molecule is S=C(NCCN1CCOCC1)N/N=C1/CCCC[C@@H]1c1ccccc1. The summed E-state index contributed by atoms with van der Waals surface area (Å²) in [4.78, 5) is 2.39. The van der Waals surface area contributed by atoms with E-state index in [1.165, 1.54) is 30.5 Å². The number of nitrogens with zero attached hydrogens (tertiary/aromatic N) is 2. The Kier molecular flexibility index (Phi) is 7.21. The highest BCUT2D eigenvalue weighted by Crippen LogP contribution is 2.30. The molecule has 5 nitrogen and oxygen atoms in total. The van der Waals surface area contributed by atoms with E-state index in [1.807, 2.05) is 0 Å². The van der Waals surface area contributed by atoms with Crippen molar-refractivity contribution in [2.24, 2.45) is 5.10 Å². The average Bonchev–Trinajstić information content (AvgIpc) is 2.68. The molecule has 1 aromatic rings. The molecule has 0 radical (unpaired) electrons. The van der Waals surface area contributed by atoms with Crippen LogP contribution in [0.1, 0.15) is 37.2 Å². The van der Waals surface area contributed by atoms with E-state index in [-0.39, 0.29) is 0 Å². The first-order chi connectivity index (χ1) is 12.3. The number of benzene rings is 1. The fourth-order valence-electron chi connectivity index (χ4n) is 3.49. The molecule has 0 amide bonds. The maximum atomic E-state index is 5.37. The van der Waals surface area contributed by atoms with Crippen LogP contribution >= 0.6 is 12.2 Å². The number of hydrogen-bond donors (Lipinski definition) is 2. The number of morpholine rings is 1. The first-order valence-corrected chi connectivity index (χ1v) is 9.69. The zero-order valence-corrected chi connectivity index (χ0v) is 15.6. The molecule has 1 aromatic carbocycles. The molecule has 0 bridgehead atoms. The van der Waals surface area contributed by atoms with Gasteiger partial charge in [-0.3, -0.25) is 10.3 Å². The van der Waals surface area contributed by atoms with Gasteiger partial charge in [-0.15, -0.1) is 0 Å². The van der Waals surface area contributed by atoms with Gasteiger partial charge in [0.15, 0.2) is 5.11 Å². The zero-order valence-electron chi connectivity index (χ0n) is 14.7. The molecule has 2 N–H and O–H groups in total. The van der Waals surface area contributed by atoms with Gasteiger partial charge in [-0.05, 0) is 37.0 Å². The Balaban J connectivity index is 1.46. The second-order valence-electron chi connectivity index (χ2n) is 6.63. The fourth-order valence-corrected chi connectivity index (χ4v) is 3.64. The minimum absolute atomic E-state index is 0.415. The quantitative estimate of drug-likeness (QED) is 0.624. The topological polar surface area (TPSA) is 48.9 Å². The van der Waals surface area contributed by atoms with Gasteiger partial charge in [-0.1, -0.05) is 36.8 Å². The molecule has 3 rings (SSSR count). The average molecular weight is 361 g/mol. The standard InChI is InChI=1S/C19H28N4OS/c25-19(20-10-11-23-12-14-24-15-13-23)22-21-18-9-5-4-8-17(18)16-6-2-1-3-7-16/h1-3,6-7,17H,4-5,8-15H2,(H2,20,22,25)/b21-18-/t17-/m1/s1. The van der Waals surface area contributed by atoms with Crippen molar-refractivity contribution in [3.8, 4) is 0 Å². The summed E-state index contributed by atoms with van der Waals surface area (Å²) in [6, 6.07) is 10.7.